The molecule has 0 fully saturated rings. The highest BCUT2D eigenvalue weighted by Crippen LogP contribution is 2.07. The van der Waals surface area contributed by atoms with Gasteiger partial charge in [-0.25, -0.2) is 0 Å². The molecule has 0 aliphatic carbocycles. The average molecular weight is 214 g/mol. The van der Waals surface area contributed by atoms with Crippen LogP contribution in [0.2, 0.25) is 0 Å². The van der Waals surface area contributed by atoms with E-state index in [1.54, 1.807) is 0 Å². The van der Waals surface area contributed by atoms with Crippen molar-refractivity contribution in [1.82, 2.24) is 10.2 Å². The van der Waals surface area contributed by atoms with Crippen molar-refractivity contribution in [3.05, 3.63) is 0 Å². The summed E-state index contributed by atoms with van der Waals surface area (Å²) < 4.78 is 0. The highest BCUT2D eigenvalue weighted by atomic mass is 15.1. The average Bonchev–Trinajstić information content (AvgIpc) is 2.24. The minimum Gasteiger partial charge on any atom is -0.320 e. The van der Waals surface area contributed by atoms with E-state index in [-0.39, 0.29) is 0 Å². The number of unbranched alkanes of at least 4 members (excludes halogenated alkanes) is 3. The van der Waals surface area contributed by atoms with Gasteiger partial charge in [0.05, 0.1) is 0 Å². The Morgan fingerprint density at radius 2 is 1.87 bits per heavy atom. The zero-order valence-electron chi connectivity index (χ0n) is 11.2. The molecule has 0 heterocycles. The molecule has 0 rings (SSSR count). The Bertz CT molecular complexity index is 126. The van der Waals surface area contributed by atoms with Gasteiger partial charge in [-0.15, -0.1) is 0 Å². The second-order valence-corrected chi connectivity index (χ2v) is 4.64. The molecule has 0 spiro atoms. The Balaban J connectivity index is 3.38. The molecule has 1 atom stereocenters. The van der Waals surface area contributed by atoms with Crippen LogP contribution in [0.3, 0.4) is 0 Å². The predicted octanol–water partition coefficient (Wildman–Crippen LogP) is 2.89. The Kier molecular flexibility index (Phi) is 10.4. The molecule has 0 radical (unpaired) electrons. The molecule has 0 aromatic heterocycles. The smallest absolute Gasteiger partial charge is 0.00638 e. The van der Waals surface area contributed by atoms with E-state index < -0.39 is 0 Å². The molecule has 0 aliphatic heterocycles. The van der Waals surface area contributed by atoms with Crippen molar-refractivity contribution >= 4 is 0 Å². The minimum atomic E-state index is 0.749. The summed E-state index contributed by atoms with van der Waals surface area (Å²) in [6.45, 7) is 7.04. The van der Waals surface area contributed by atoms with Crippen molar-refractivity contribution in [2.45, 2.75) is 58.4 Å². The molecule has 0 aliphatic rings. The number of rotatable bonds is 10. The van der Waals surface area contributed by atoms with Crippen molar-refractivity contribution < 1.29 is 0 Å². The van der Waals surface area contributed by atoms with Gasteiger partial charge in [0.15, 0.2) is 0 Å². The zero-order chi connectivity index (χ0) is 11.5. The molecule has 0 aromatic carbocycles. The lowest BCUT2D eigenvalue weighted by Crippen LogP contribution is -2.30. The van der Waals surface area contributed by atoms with Gasteiger partial charge in [-0.1, -0.05) is 26.2 Å². The van der Waals surface area contributed by atoms with Gasteiger partial charge in [0, 0.05) is 6.04 Å². The summed E-state index contributed by atoms with van der Waals surface area (Å²) in [5.74, 6) is 0. The van der Waals surface area contributed by atoms with Crippen molar-refractivity contribution in [2.75, 3.05) is 27.2 Å². The normalized spacial score (nSPS) is 13.4. The number of hydrogen-bond donors (Lipinski definition) is 1. The van der Waals surface area contributed by atoms with Crippen LogP contribution in [-0.2, 0) is 0 Å². The van der Waals surface area contributed by atoms with Crippen LogP contribution in [0, 0.1) is 0 Å². The molecule has 2 nitrogen and oxygen atoms in total. The first-order valence-corrected chi connectivity index (χ1v) is 6.57. The quantitative estimate of drug-likeness (QED) is 0.563. The monoisotopic (exact) mass is 214 g/mol. The van der Waals surface area contributed by atoms with Crippen LogP contribution in [-0.4, -0.2) is 38.1 Å². The maximum atomic E-state index is 3.20. The summed E-state index contributed by atoms with van der Waals surface area (Å²) in [5, 5.41) is 3.20. The lowest BCUT2D eigenvalue weighted by atomic mass is 10.1. The molecule has 1 N–H and O–H groups in total. The summed E-state index contributed by atoms with van der Waals surface area (Å²) in [6.07, 6.45) is 8.04. The summed E-state index contributed by atoms with van der Waals surface area (Å²) in [4.78, 5) is 2.51. The fraction of sp³-hybridized carbons (Fsp3) is 1.00. The first-order valence-electron chi connectivity index (χ1n) is 6.57. The maximum absolute atomic E-state index is 3.20. The molecule has 2 heteroatoms. The van der Waals surface area contributed by atoms with Crippen molar-refractivity contribution in [3.8, 4) is 0 Å². The fourth-order valence-electron chi connectivity index (χ4n) is 1.79. The van der Waals surface area contributed by atoms with Gasteiger partial charge < -0.3 is 10.2 Å². The number of nitrogens with zero attached hydrogens (tertiary/aromatic N) is 1. The molecule has 0 saturated heterocycles. The van der Waals surface area contributed by atoms with Gasteiger partial charge >= 0.3 is 0 Å². The van der Waals surface area contributed by atoms with Crippen molar-refractivity contribution in [3.63, 3.8) is 0 Å². The van der Waals surface area contributed by atoms with E-state index in [0.29, 0.717) is 0 Å². The predicted molar refractivity (Wildman–Crippen MR) is 69.4 cm³/mol. The third kappa shape index (κ3) is 8.88. The van der Waals surface area contributed by atoms with Crippen molar-refractivity contribution in [2.24, 2.45) is 0 Å². The Labute approximate surface area is 96.4 Å². The summed E-state index contributed by atoms with van der Waals surface area (Å²) in [7, 11) is 4.29. The molecule has 0 saturated carbocycles. The fourth-order valence-corrected chi connectivity index (χ4v) is 1.79. The van der Waals surface area contributed by atoms with Crippen LogP contribution < -0.4 is 5.32 Å². The second-order valence-electron chi connectivity index (χ2n) is 4.64. The highest BCUT2D eigenvalue weighted by Gasteiger charge is 2.07. The first-order chi connectivity index (χ1) is 7.22. The van der Waals surface area contributed by atoms with E-state index >= 15 is 0 Å². The Morgan fingerprint density at radius 1 is 1.13 bits per heavy atom. The van der Waals surface area contributed by atoms with E-state index in [2.05, 4.69) is 31.1 Å². The second kappa shape index (κ2) is 10.4. The molecule has 0 bridgehead atoms. The van der Waals surface area contributed by atoms with E-state index in [0.717, 1.165) is 12.6 Å². The van der Waals surface area contributed by atoms with Gasteiger partial charge in [-0.2, -0.15) is 0 Å². The van der Waals surface area contributed by atoms with Crippen LogP contribution in [0.25, 0.3) is 0 Å². The van der Waals surface area contributed by atoms with E-state index in [4.69, 9.17) is 0 Å². The molecule has 0 aromatic rings. The minimum absolute atomic E-state index is 0.749. The molecule has 0 unspecified atom stereocenters. The maximum Gasteiger partial charge on any atom is 0.00638 e. The molecule has 92 valence electrons. The van der Waals surface area contributed by atoms with Crippen molar-refractivity contribution in [1.29, 1.82) is 0 Å². The van der Waals surface area contributed by atoms with Gasteiger partial charge in [-0.05, 0) is 53.4 Å². The zero-order valence-corrected chi connectivity index (χ0v) is 11.2. The first kappa shape index (κ1) is 14.9. The molecular weight excluding hydrogens is 184 g/mol. The molecular formula is C13H30N2. The van der Waals surface area contributed by atoms with Crippen LogP contribution in [0.1, 0.15) is 52.4 Å². The largest absolute Gasteiger partial charge is 0.320 e. The summed E-state index contributed by atoms with van der Waals surface area (Å²) in [5.41, 5.74) is 0. The van der Waals surface area contributed by atoms with Crippen LogP contribution in [0.15, 0.2) is 0 Å². The molecule has 0 amide bonds. The number of hydrogen-bond acceptors (Lipinski definition) is 2. The number of nitrogens with one attached hydrogen (secondary N) is 1. The third-order valence-corrected chi connectivity index (χ3v) is 3.17. The van der Waals surface area contributed by atoms with E-state index in [9.17, 15) is 0 Å². The third-order valence-electron chi connectivity index (χ3n) is 3.17. The topological polar surface area (TPSA) is 15.3 Å². The molecule has 15 heavy (non-hydrogen) atoms. The lowest BCUT2D eigenvalue weighted by molar-refractivity contribution is 0.237. The highest BCUT2D eigenvalue weighted by molar-refractivity contribution is 4.63. The van der Waals surface area contributed by atoms with Gasteiger partial charge in [-0.3, -0.25) is 0 Å². The van der Waals surface area contributed by atoms with Crippen LogP contribution in [0.5, 0.6) is 0 Å². The van der Waals surface area contributed by atoms with Gasteiger partial charge in [0.2, 0.25) is 0 Å². The lowest BCUT2D eigenvalue weighted by Gasteiger charge is -2.24. The van der Waals surface area contributed by atoms with Gasteiger partial charge in [0.1, 0.15) is 0 Å². The van der Waals surface area contributed by atoms with Gasteiger partial charge in [0.25, 0.3) is 0 Å². The summed E-state index contributed by atoms with van der Waals surface area (Å²) >= 11 is 0. The Morgan fingerprint density at radius 3 is 2.47 bits per heavy atom. The standard InChI is InChI=1S/C13H30N2/c1-5-6-9-12-15(4)13(2)10-7-8-11-14-3/h13-14H,5-12H2,1-4H3/t13-/m0/s1. The van der Waals surface area contributed by atoms with Crippen LogP contribution >= 0.6 is 0 Å². The van der Waals surface area contributed by atoms with E-state index in [1.807, 2.05) is 7.05 Å². The van der Waals surface area contributed by atoms with Crippen LogP contribution in [0.4, 0.5) is 0 Å². The summed E-state index contributed by atoms with van der Waals surface area (Å²) in [6, 6.07) is 0.749. The van der Waals surface area contributed by atoms with E-state index in [1.165, 1.54) is 45.1 Å². The Hall–Kier alpha value is -0.0800. The SMILES string of the molecule is CCCCCN(C)[C@@H](C)CCCCNC.